The number of thiazole rings is 1. The molecule has 0 saturated carbocycles. The van der Waals surface area contributed by atoms with Crippen molar-refractivity contribution in [3.05, 3.63) is 40.4 Å². The molecule has 1 atom stereocenters. The highest BCUT2D eigenvalue weighted by Gasteiger charge is 2.19. The number of amides is 1. The van der Waals surface area contributed by atoms with Crippen LogP contribution in [0, 0.1) is 6.92 Å². The van der Waals surface area contributed by atoms with E-state index in [1.54, 1.807) is 6.92 Å². The second-order valence-electron chi connectivity index (χ2n) is 5.64. The van der Waals surface area contributed by atoms with Gasteiger partial charge in [0.05, 0.1) is 19.2 Å². The lowest BCUT2D eigenvalue weighted by atomic mass is 10.1. The average molecular weight is 346 g/mol. The van der Waals surface area contributed by atoms with Crippen molar-refractivity contribution in [2.24, 2.45) is 0 Å². The van der Waals surface area contributed by atoms with E-state index in [9.17, 15) is 9.59 Å². The lowest BCUT2D eigenvalue weighted by Gasteiger charge is -2.11. The SMILES string of the molecule is CCc1ccc(-c2nc(C)c(C(=O)NC(C)CC(=O)OC)s2)cc1. The number of aryl methyl sites for hydroxylation is 2. The molecule has 1 aromatic carbocycles. The van der Waals surface area contributed by atoms with Crippen LogP contribution >= 0.6 is 11.3 Å². The van der Waals surface area contributed by atoms with Gasteiger partial charge in [0, 0.05) is 11.6 Å². The van der Waals surface area contributed by atoms with Crippen LogP contribution in [0.5, 0.6) is 0 Å². The third kappa shape index (κ3) is 4.41. The Labute approximate surface area is 146 Å². The normalized spacial score (nSPS) is 11.8. The number of benzene rings is 1. The Morgan fingerprint density at radius 2 is 1.96 bits per heavy atom. The first-order valence-corrected chi connectivity index (χ1v) is 8.70. The van der Waals surface area contributed by atoms with Gasteiger partial charge in [-0.15, -0.1) is 11.3 Å². The predicted molar refractivity (Wildman–Crippen MR) is 95.2 cm³/mol. The van der Waals surface area contributed by atoms with Crippen molar-refractivity contribution >= 4 is 23.2 Å². The smallest absolute Gasteiger partial charge is 0.307 e. The molecule has 0 saturated heterocycles. The largest absolute Gasteiger partial charge is 0.469 e. The van der Waals surface area contributed by atoms with Crippen LogP contribution in [0.25, 0.3) is 10.6 Å². The Morgan fingerprint density at radius 3 is 2.54 bits per heavy atom. The highest BCUT2D eigenvalue weighted by Crippen LogP contribution is 2.28. The van der Waals surface area contributed by atoms with Gasteiger partial charge in [0.2, 0.25) is 0 Å². The first-order valence-electron chi connectivity index (χ1n) is 7.89. The molecule has 0 aliphatic carbocycles. The zero-order valence-electron chi connectivity index (χ0n) is 14.4. The Kier molecular flexibility index (Phi) is 6.09. The van der Waals surface area contributed by atoms with Gasteiger partial charge >= 0.3 is 5.97 Å². The lowest BCUT2D eigenvalue weighted by molar-refractivity contribution is -0.141. The van der Waals surface area contributed by atoms with Gasteiger partial charge < -0.3 is 10.1 Å². The molecule has 1 amide bonds. The number of hydrogen-bond donors (Lipinski definition) is 1. The summed E-state index contributed by atoms with van der Waals surface area (Å²) in [5, 5.41) is 3.64. The zero-order chi connectivity index (χ0) is 17.7. The van der Waals surface area contributed by atoms with Crippen LogP contribution in [0.3, 0.4) is 0 Å². The number of methoxy groups -OCH3 is 1. The molecule has 0 spiro atoms. The number of ether oxygens (including phenoxy) is 1. The van der Waals surface area contributed by atoms with Gasteiger partial charge in [-0.3, -0.25) is 9.59 Å². The monoisotopic (exact) mass is 346 g/mol. The number of rotatable bonds is 6. The summed E-state index contributed by atoms with van der Waals surface area (Å²) in [5.74, 6) is -0.557. The third-order valence-electron chi connectivity index (χ3n) is 3.69. The standard InChI is InChI=1S/C18H22N2O3S/c1-5-13-6-8-14(9-7-13)18-20-12(3)16(24-18)17(22)19-11(2)10-15(21)23-4/h6-9,11H,5,10H2,1-4H3,(H,19,22). The van der Waals surface area contributed by atoms with Crippen molar-refractivity contribution in [3.63, 3.8) is 0 Å². The predicted octanol–water partition coefficient (Wildman–Crippen LogP) is 3.36. The van der Waals surface area contributed by atoms with Crippen molar-refractivity contribution in [1.82, 2.24) is 10.3 Å². The van der Waals surface area contributed by atoms with E-state index in [0.29, 0.717) is 10.6 Å². The molecular formula is C18H22N2O3S. The molecule has 6 heteroatoms. The highest BCUT2D eigenvalue weighted by atomic mass is 32.1. The van der Waals surface area contributed by atoms with Crippen LogP contribution in [0.2, 0.25) is 0 Å². The average Bonchev–Trinajstić information content (AvgIpc) is 2.96. The molecule has 128 valence electrons. The topological polar surface area (TPSA) is 68.3 Å². The van der Waals surface area contributed by atoms with E-state index < -0.39 is 0 Å². The fraction of sp³-hybridized carbons (Fsp3) is 0.389. The van der Waals surface area contributed by atoms with E-state index in [4.69, 9.17) is 0 Å². The first-order chi connectivity index (χ1) is 11.4. The molecule has 0 aliphatic heterocycles. The van der Waals surface area contributed by atoms with E-state index in [2.05, 4.69) is 34.1 Å². The van der Waals surface area contributed by atoms with Crippen LogP contribution in [-0.4, -0.2) is 30.0 Å². The maximum atomic E-state index is 12.4. The molecule has 0 fully saturated rings. The Balaban J connectivity index is 2.12. The Morgan fingerprint density at radius 1 is 1.29 bits per heavy atom. The summed E-state index contributed by atoms with van der Waals surface area (Å²) < 4.78 is 4.61. The van der Waals surface area contributed by atoms with Crippen LogP contribution in [0.15, 0.2) is 24.3 Å². The molecule has 0 radical (unpaired) electrons. The lowest BCUT2D eigenvalue weighted by Crippen LogP contribution is -2.34. The second kappa shape index (κ2) is 8.06. The summed E-state index contributed by atoms with van der Waals surface area (Å²) in [5.41, 5.74) is 2.96. The third-order valence-corrected chi connectivity index (χ3v) is 4.90. The van der Waals surface area contributed by atoms with E-state index in [-0.39, 0.29) is 24.3 Å². The second-order valence-corrected chi connectivity index (χ2v) is 6.64. The molecule has 1 unspecified atom stereocenters. The number of nitrogens with zero attached hydrogens (tertiary/aromatic N) is 1. The number of carbonyl (C=O) groups is 2. The van der Waals surface area contributed by atoms with Crippen molar-refractivity contribution in [2.45, 2.75) is 39.7 Å². The summed E-state index contributed by atoms with van der Waals surface area (Å²) in [6, 6.07) is 7.91. The van der Waals surface area contributed by atoms with Crippen LogP contribution < -0.4 is 5.32 Å². The first kappa shape index (κ1) is 18.1. The molecule has 0 bridgehead atoms. The van der Waals surface area contributed by atoms with Gasteiger partial charge in [0.25, 0.3) is 5.91 Å². The van der Waals surface area contributed by atoms with Gasteiger partial charge in [-0.2, -0.15) is 0 Å². The van der Waals surface area contributed by atoms with E-state index in [1.165, 1.54) is 24.0 Å². The minimum Gasteiger partial charge on any atom is -0.469 e. The number of aromatic nitrogens is 1. The molecule has 2 aromatic rings. The molecule has 1 aromatic heterocycles. The van der Waals surface area contributed by atoms with Gasteiger partial charge in [-0.1, -0.05) is 31.2 Å². The maximum Gasteiger partial charge on any atom is 0.307 e. The number of nitrogens with one attached hydrogen (secondary N) is 1. The molecule has 1 N–H and O–H groups in total. The molecular weight excluding hydrogens is 324 g/mol. The van der Waals surface area contributed by atoms with Crippen LogP contribution in [-0.2, 0) is 16.0 Å². The molecule has 5 nitrogen and oxygen atoms in total. The van der Waals surface area contributed by atoms with E-state index in [1.807, 2.05) is 19.1 Å². The van der Waals surface area contributed by atoms with Crippen LogP contribution in [0.1, 0.15) is 41.2 Å². The molecule has 2 rings (SSSR count). The van der Waals surface area contributed by atoms with Gasteiger partial charge in [0.15, 0.2) is 0 Å². The van der Waals surface area contributed by atoms with Crippen molar-refractivity contribution < 1.29 is 14.3 Å². The number of carbonyl (C=O) groups excluding carboxylic acids is 2. The van der Waals surface area contributed by atoms with Crippen molar-refractivity contribution in [2.75, 3.05) is 7.11 Å². The molecule has 1 heterocycles. The maximum absolute atomic E-state index is 12.4. The van der Waals surface area contributed by atoms with Crippen molar-refractivity contribution in [1.29, 1.82) is 0 Å². The summed E-state index contributed by atoms with van der Waals surface area (Å²) in [6.07, 6.45) is 1.13. The quantitative estimate of drug-likeness (QED) is 0.814. The summed E-state index contributed by atoms with van der Waals surface area (Å²) in [6.45, 7) is 5.70. The summed E-state index contributed by atoms with van der Waals surface area (Å²) >= 11 is 1.36. The minimum absolute atomic E-state index is 0.144. The van der Waals surface area contributed by atoms with Gasteiger partial charge in [0.1, 0.15) is 9.88 Å². The Bertz CT molecular complexity index is 722. The Hall–Kier alpha value is -2.21. The molecule has 24 heavy (non-hydrogen) atoms. The fourth-order valence-corrected chi connectivity index (χ4v) is 3.26. The van der Waals surface area contributed by atoms with Crippen LogP contribution in [0.4, 0.5) is 0 Å². The fourth-order valence-electron chi connectivity index (χ4n) is 2.29. The van der Waals surface area contributed by atoms with Gasteiger partial charge in [-0.05, 0) is 25.8 Å². The van der Waals surface area contributed by atoms with Crippen molar-refractivity contribution in [3.8, 4) is 10.6 Å². The molecule has 0 aliphatic rings. The highest BCUT2D eigenvalue weighted by molar-refractivity contribution is 7.17. The van der Waals surface area contributed by atoms with E-state index in [0.717, 1.165) is 17.0 Å². The number of hydrogen-bond acceptors (Lipinski definition) is 5. The van der Waals surface area contributed by atoms with E-state index >= 15 is 0 Å². The summed E-state index contributed by atoms with van der Waals surface area (Å²) in [7, 11) is 1.33. The van der Waals surface area contributed by atoms with Gasteiger partial charge in [-0.25, -0.2) is 4.98 Å². The summed E-state index contributed by atoms with van der Waals surface area (Å²) in [4.78, 5) is 28.7. The zero-order valence-corrected chi connectivity index (χ0v) is 15.2. The minimum atomic E-state index is -0.347. The number of esters is 1.